The zero-order valence-corrected chi connectivity index (χ0v) is 7.60. The molecule has 70 valence electrons. The van der Waals surface area contributed by atoms with Crippen LogP contribution in [0, 0.1) is 0 Å². The number of nitrogens with zero attached hydrogens (tertiary/aromatic N) is 1. The van der Waals surface area contributed by atoms with Crippen molar-refractivity contribution in [3.63, 3.8) is 0 Å². The monoisotopic (exact) mass is 179 g/mol. The van der Waals surface area contributed by atoms with Gasteiger partial charge in [-0.25, -0.2) is 0 Å². The number of aliphatic hydroxyl groups is 1. The third-order valence-electron chi connectivity index (χ3n) is 1.83. The smallest absolute Gasteiger partial charge is 0.191 e. The van der Waals surface area contributed by atoms with Crippen LogP contribution >= 0.6 is 0 Å². The lowest BCUT2D eigenvalue weighted by Gasteiger charge is -2.06. The largest absolute Gasteiger partial charge is 0.385 e. The number of Topliss-reactive ketones (excluding diaryl/α,β-unsaturated/α-hetero) is 1. The van der Waals surface area contributed by atoms with E-state index in [9.17, 15) is 9.90 Å². The van der Waals surface area contributed by atoms with Gasteiger partial charge in [0.05, 0.1) is 0 Å². The van der Waals surface area contributed by atoms with Gasteiger partial charge in [0.1, 0.15) is 6.10 Å². The van der Waals surface area contributed by atoms with Crippen molar-refractivity contribution in [2.75, 3.05) is 0 Å². The molecular formula is C10H13NO2. The Bertz CT molecular complexity index is 272. The minimum absolute atomic E-state index is 0.218. The first-order valence-corrected chi connectivity index (χ1v) is 4.38. The van der Waals surface area contributed by atoms with E-state index in [4.69, 9.17) is 0 Å². The lowest BCUT2D eigenvalue weighted by Crippen LogP contribution is -2.19. The molecule has 13 heavy (non-hydrogen) atoms. The molecule has 0 aliphatic heterocycles. The molecule has 0 saturated heterocycles. The Kier molecular flexibility index (Phi) is 3.58. The van der Waals surface area contributed by atoms with Gasteiger partial charge in [-0.05, 0) is 18.6 Å². The van der Waals surface area contributed by atoms with E-state index in [1.165, 1.54) is 0 Å². The van der Waals surface area contributed by atoms with Crippen LogP contribution in [0.25, 0.3) is 0 Å². The second-order valence-electron chi connectivity index (χ2n) is 2.90. The fourth-order valence-corrected chi connectivity index (χ4v) is 1.11. The Morgan fingerprint density at radius 1 is 1.54 bits per heavy atom. The van der Waals surface area contributed by atoms with Crippen LogP contribution in [0.5, 0.6) is 0 Å². The molecule has 1 atom stereocenters. The van der Waals surface area contributed by atoms with Crippen molar-refractivity contribution < 1.29 is 9.90 Å². The quantitative estimate of drug-likeness (QED) is 0.711. The Balaban J connectivity index is 2.68. The average Bonchev–Trinajstić information content (AvgIpc) is 2.18. The second-order valence-corrected chi connectivity index (χ2v) is 2.90. The molecule has 1 heterocycles. The standard InChI is InChI=1S/C10H13NO2/c1-2-3-9(12)10(13)8-4-6-11-7-5-8/h4-7,9,12H,2-3H2,1H3. The molecule has 0 radical (unpaired) electrons. The van der Waals surface area contributed by atoms with Crippen molar-refractivity contribution >= 4 is 5.78 Å². The van der Waals surface area contributed by atoms with Gasteiger partial charge in [-0.1, -0.05) is 13.3 Å². The zero-order valence-electron chi connectivity index (χ0n) is 7.60. The highest BCUT2D eigenvalue weighted by atomic mass is 16.3. The van der Waals surface area contributed by atoms with Crippen LogP contribution in [0.3, 0.4) is 0 Å². The first-order chi connectivity index (χ1) is 6.25. The maximum absolute atomic E-state index is 11.5. The topological polar surface area (TPSA) is 50.2 Å². The van der Waals surface area contributed by atoms with E-state index in [1.807, 2.05) is 6.92 Å². The summed E-state index contributed by atoms with van der Waals surface area (Å²) in [6.07, 6.45) is 3.55. The van der Waals surface area contributed by atoms with Crippen molar-refractivity contribution in [2.45, 2.75) is 25.9 Å². The van der Waals surface area contributed by atoms with Crippen LogP contribution in [-0.2, 0) is 0 Å². The van der Waals surface area contributed by atoms with Crippen LogP contribution in [0.2, 0.25) is 0 Å². The molecule has 0 saturated carbocycles. The molecule has 1 aromatic rings. The fourth-order valence-electron chi connectivity index (χ4n) is 1.11. The molecule has 0 fully saturated rings. The number of hydrogen-bond acceptors (Lipinski definition) is 3. The van der Waals surface area contributed by atoms with E-state index in [0.717, 1.165) is 6.42 Å². The van der Waals surface area contributed by atoms with E-state index < -0.39 is 6.10 Å². The number of hydrogen-bond donors (Lipinski definition) is 1. The lowest BCUT2D eigenvalue weighted by molar-refractivity contribution is 0.0729. The Labute approximate surface area is 77.4 Å². The molecular weight excluding hydrogens is 166 g/mol. The number of aliphatic hydroxyl groups excluding tert-OH is 1. The van der Waals surface area contributed by atoms with Crippen molar-refractivity contribution in [2.24, 2.45) is 0 Å². The molecule has 0 aliphatic rings. The number of pyridine rings is 1. The number of ketones is 1. The van der Waals surface area contributed by atoms with Crippen molar-refractivity contribution in [1.29, 1.82) is 0 Å². The summed E-state index contributed by atoms with van der Waals surface area (Å²) in [4.78, 5) is 15.3. The summed E-state index contributed by atoms with van der Waals surface area (Å²) in [6, 6.07) is 3.22. The van der Waals surface area contributed by atoms with Gasteiger partial charge in [0.15, 0.2) is 5.78 Å². The number of rotatable bonds is 4. The van der Waals surface area contributed by atoms with Crippen LogP contribution < -0.4 is 0 Å². The van der Waals surface area contributed by atoms with E-state index in [-0.39, 0.29) is 5.78 Å². The third kappa shape index (κ3) is 2.63. The zero-order chi connectivity index (χ0) is 9.68. The summed E-state index contributed by atoms with van der Waals surface area (Å²) in [5.74, 6) is -0.218. The van der Waals surface area contributed by atoms with E-state index in [2.05, 4.69) is 4.98 Å². The Morgan fingerprint density at radius 2 is 2.15 bits per heavy atom. The van der Waals surface area contributed by atoms with Crippen molar-refractivity contribution in [3.8, 4) is 0 Å². The van der Waals surface area contributed by atoms with Gasteiger partial charge >= 0.3 is 0 Å². The summed E-state index contributed by atoms with van der Waals surface area (Å²) in [6.45, 7) is 1.93. The predicted molar refractivity (Wildman–Crippen MR) is 49.5 cm³/mol. The molecule has 0 spiro atoms. The molecule has 0 aromatic carbocycles. The van der Waals surface area contributed by atoms with Gasteiger partial charge in [0.25, 0.3) is 0 Å². The van der Waals surface area contributed by atoms with Crippen molar-refractivity contribution in [1.82, 2.24) is 4.98 Å². The summed E-state index contributed by atoms with van der Waals surface area (Å²) >= 11 is 0. The molecule has 3 nitrogen and oxygen atoms in total. The fraction of sp³-hybridized carbons (Fsp3) is 0.400. The normalized spacial score (nSPS) is 12.5. The molecule has 1 unspecified atom stereocenters. The highest BCUT2D eigenvalue weighted by molar-refractivity contribution is 5.99. The Hall–Kier alpha value is -1.22. The number of aromatic nitrogens is 1. The average molecular weight is 179 g/mol. The molecule has 1 aromatic heterocycles. The van der Waals surface area contributed by atoms with E-state index in [0.29, 0.717) is 12.0 Å². The molecule has 1 rings (SSSR count). The molecule has 0 bridgehead atoms. The second kappa shape index (κ2) is 4.72. The first-order valence-electron chi connectivity index (χ1n) is 4.38. The maximum atomic E-state index is 11.5. The lowest BCUT2D eigenvalue weighted by atomic mass is 10.0. The minimum Gasteiger partial charge on any atom is -0.385 e. The summed E-state index contributed by atoms with van der Waals surface area (Å²) in [5.41, 5.74) is 0.524. The molecule has 0 aliphatic carbocycles. The van der Waals surface area contributed by atoms with Crippen LogP contribution in [-0.4, -0.2) is 22.0 Å². The van der Waals surface area contributed by atoms with Gasteiger partial charge < -0.3 is 5.11 Å². The summed E-state index contributed by atoms with van der Waals surface area (Å²) < 4.78 is 0. The van der Waals surface area contributed by atoms with Gasteiger partial charge in [-0.3, -0.25) is 9.78 Å². The summed E-state index contributed by atoms with van der Waals surface area (Å²) in [7, 11) is 0. The highest BCUT2D eigenvalue weighted by Crippen LogP contribution is 2.06. The van der Waals surface area contributed by atoms with Gasteiger partial charge in [0.2, 0.25) is 0 Å². The Morgan fingerprint density at radius 3 is 2.69 bits per heavy atom. The van der Waals surface area contributed by atoms with Gasteiger partial charge in [0, 0.05) is 18.0 Å². The number of carbonyl (C=O) groups is 1. The van der Waals surface area contributed by atoms with Gasteiger partial charge in [-0.2, -0.15) is 0 Å². The maximum Gasteiger partial charge on any atom is 0.191 e. The van der Waals surface area contributed by atoms with E-state index >= 15 is 0 Å². The molecule has 0 amide bonds. The highest BCUT2D eigenvalue weighted by Gasteiger charge is 2.15. The molecule has 3 heteroatoms. The first kappa shape index (κ1) is 9.86. The predicted octanol–water partition coefficient (Wildman–Crippen LogP) is 1.43. The minimum atomic E-state index is -0.868. The van der Waals surface area contributed by atoms with Crippen molar-refractivity contribution in [3.05, 3.63) is 30.1 Å². The van der Waals surface area contributed by atoms with E-state index in [1.54, 1.807) is 24.5 Å². The SMILES string of the molecule is CCCC(O)C(=O)c1ccncc1. The van der Waals surface area contributed by atoms with Crippen LogP contribution in [0.4, 0.5) is 0 Å². The van der Waals surface area contributed by atoms with Crippen LogP contribution in [0.15, 0.2) is 24.5 Å². The van der Waals surface area contributed by atoms with Gasteiger partial charge in [-0.15, -0.1) is 0 Å². The third-order valence-corrected chi connectivity index (χ3v) is 1.83. The number of carbonyl (C=O) groups excluding carboxylic acids is 1. The van der Waals surface area contributed by atoms with Crippen LogP contribution in [0.1, 0.15) is 30.1 Å². The summed E-state index contributed by atoms with van der Waals surface area (Å²) in [5, 5.41) is 9.40. The molecule has 1 N–H and O–H groups in total.